The molecule has 2 aromatic carbocycles. The molecule has 1 aliphatic heterocycles. The monoisotopic (exact) mass is 372 g/mol. The number of nitro benzene ring substituents is 1. The Morgan fingerprint density at radius 1 is 1.07 bits per heavy atom. The van der Waals surface area contributed by atoms with E-state index in [9.17, 15) is 19.3 Å². The van der Waals surface area contributed by atoms with Gasteiger partial charge in [-0.1, -0.05) is 18.2 Å². The van der Waals surface area contributed by atoms with Crippen molar-refractivity contribution in [2.24, 2.45) is 0 Å². The van der Waals surface area contributed by atoms with Gasteiger partial charge in [-0.3, -0.25) is 24.7 Å². The lowest BCUT2D eigenvalue weighted by atomic mass is 10.2. The fraction of sp³-hybridized carbons (Fsp3) is 0.316. The van der Waals surface area contributed by atoms with Gasteiger partial charge in [0, 0.05) is 50.5 Å². The number of nitro groups is 1. The molecule has 3 rings (SSSR count). The van der Waals surface area contributed by atoms with E-state index in [1.807, 2.05) is 11.0 Å². The first-order valence-corrected chi connectivity index (χ1v) is 8.73. The second-order valence-corrected chi connectivity index (χ2v) is 6.54. The van der Waals surface area contributed by atoms with E-state index in [1.54, 1.807) is 24.3 Å². The van der Waals surface area contributed by atoms with Crippen molar-refractivity contribution in [2.75, 3.05) is 38.0 Å². The molecule has 0 saturated carbocycles. The molecule has 0 bridgehead atoms. The standard InChI is InChI=1S/C19H21FN4O3/c20-16-4-1-3-15(11-16)13-22-7-9-23(10-8-22)14-19(25)21-17-5-2-6-18(12-17)24(26)27/h1-6,11-12H,7-10,13-14H2,(H,21,25). The van der Waals surface area contributed by atoms with Gasteiger partial charge in [-0.05, 0) is 23.8 Å². The summed E-state index contributed by atoms with van der Waals surface area (Å²) in [5, 5.41) is 13.5. The van der Waals surface area contributed by atoms with E-state index in [4.69, 9.17) is 0 Å². The van der Waals surface area contributed by atoms with Crippen molar-refractivity contribution in [1.82, 2.24) is 9.80 Å². The Morgan fingerprint density at radius 3 is 2.48 bits per heavy atom. The molecule has 2 aromatic rings. The minimum absolute atomic E-state index is 0.0567. The number of carbonyl (C=O) groups excluding carboxylic acids is 1. The van der Waals surface area contributed by atoms with Gasteiger partial charge >= 0.3 is 0 Å². The summed E-state index contributed by atoms with van der Waals surface area (Å²) in [6.07, 6.45) is 0. The Hall–Kier alpha value is -2.84. The number of hydrogen-bond acceptors (Lipinski definition) is 5. The van der Waals surface area contributed by atoms with Gasteiger partial charge in [-0.2, -0.15) is 0 Å². The van der Waals surface area contributed by atoms with E-state index in [0.29, 0.717) is 12.2 Å². The highest BCUT2D eigenvalue weighted by atomic mass is 19.1. The molecule has 1 saturated heterocycles. The van der Waals surface area contributed by atoms with Crippen LogP contribution in [0.4, 0.5) is 15.8 Å². The third-order valence-electron chi connectivity index (χ3n) is 4.47. The van der Waals surface area contributed by atoms with Crippen LogP contribution in [-0.2, 0) is 11.3 Å². The number of nitrogens with zero attached hydrogens (tertiary/aromatic N) is 3. The topological polar surface area (TPSA) is 78.7 Å². The summed E-state index contributed by atoms with van der Waals surface area (Å²) in [5.41, 5.74) is 1.30. The van der Waals surface area contributed by atoms with E-state index < -0.39 is 4.92 Å². The quantitative estimate of drug-likeness (QED) is 0.623. The summed E-state index contributed by atoms with van der Waals surface area (Å²) in [4.78, 5) is 26.8. The van der Waals surface area contributed by atoms with Crippen LogP contribution < -0.4 is 5.32 Å². The minimum Gasteiger partial charge on any atom is -0.325 e. The number of piperazine rings is 1. The van der Waals surface area contributed by atoms with Gasteiger partial charge in [0.05, 0.1) is 11.5 Å². The van der Waals surface area contributed by atoms with E-state index in [-0.39, 0.29) is 24.0 Å². The molecule has 1 fully saturated rings. The van der Waals surface area contributed by atoms with Crippen molar-refractivity contribution in [2.45, 2.75) is 6.54 Å². The van der Waals surface area contributed by atoms with Crippen LogP contribution in [0.2, 0.25) is 0 Å². The Labute approximate surface area is 156 Å². The highest BCUT2D eigenvalue weighted by Gasteiger charge is 2.19. The number of carbonyl (C=O) groups is 1. The molecule has 0 aliphatic carbocycles. The molecule has 142 valence electrons. The summed E-state index contributed by atoms with van der Waals surface area (Å²) in [6, 6.07) is 12.5. The molecule has 0 aromatic heterocycles. The Balaban J connectivity index is 1.45. The molecule has 7 nitrogen and oxygen atoms in total. The lowest BCUT2D eigenvalue weighted by Crippen LogP contribution is -2.48. The number of anilines is 1. The van der Waals surface area contributed by atoms with Crippen LogP contribution in [0, 0.1) is 15.9 Å². The van der Waals surface area contributed by atoms with Crippen molar-refractivity contribution in [3.8, 4) is 0 Å². The predicted molar refractivity (Wildman–Crippen MR) is 99.8 cm³/mol. The second-order valence-electron chi connectivity index (χ2n) is 6.54. The first kappa shape index (κ1) is 18.9. The van der Waals surface area contributed by atoms with E-state index in [0.717, 1.165) is 31.7 Å². The van der Waals surface area contributed by atoms with Crippen LogP contribution >= 0.6 is 0 Å². The van der Waals surface area contributed by atoms with Crippen LogP contribution in [0.5, 0.6) is 0 Å². The first-order chi connectivity index (χ1) is 13.0. The number of nitrogens with one attached hydrogen (secondary N) is 1. The number of hydrogen-bond donors (Lipinski definition) is 1. The Morgan fingerprint density at radius 2 is 1.78 bits per heavy atom. The van der Waals surface area contributed by atoms with Gasteiger partial charge in [0.2, 0.25) is 5.91 Å². The summed E-state index contributed by atoms with van der Waals surface area (Å²) < 4.78 is 13.3. The zero-order chi connectivity index (χ0) is 19.2. The average molecular weight is 372 g/mol. The van der Waals surface area contributed by atoms with Gasteiger partial charge < -0.3 is 5.32 Å². The van der Waals surface area contributed by atoms with Gasteiger partial charge in [0.25, 0.3) is 5.69 Å². The van der Waals surface area contributed by atoms with Gasteiger partial charge in [-0.25, -0.2) is 4.39 Å². The van der Waals surface area contributed by atoms with Crippen molar-refractivity contribution in [3.05, 3.63) is 70.0 Å². The first-order valence-electron chi connectivity index (χ1n) is 8.73. The summed E-state index contributed by atoms with van der Waals surface area (Å²) in [5.74, 6) is -0.432. The summed E-state index contributed by atoms with van der Waals surface area (Å²) >= 11 is 0. The summed E-state index contributed by atoms with van der Waals surface area (Å²) in [6.45, 7) is 3.97. The zero-order valence-corrected chi connectivity index (χ0v) is 14.8. The lowest BCUT2D eigenvalue weighted by molar-refractivity contribution is -0.384. The molecule has 0 unspecified atom stereocenters. The Bertz CT molecular complexity index is 822. The minimum atomic E-state index is -0.493. The molecular weight excluding hydrogens is 351 g/mol. The largest absolute Gasteiger partial charge is 0.325 e. The van der Waals surface area contributed by atoms with Crippen molar-refractivity contribution >= 4 is 17.3 Å². The molecule has 1 aliphatic rings. The Kier molecular flexibility index (Phi) is 6.10. The van der Waals surface area contributed by atoms with E-state index >= 15 is 0 Å². The van der Waals surface area contributed by atoms with Gasteiger partial charge in [-0.15, -0.1) is 0 Å². The normalized spacial score (nSPS) is 15.4. The predicted octanol–water partition coefficient (Wildman–Crippen LogP) is 2.49. The van der Waals surface area contributed by atoms with Gasteiger partial charge in [0.1, 0.15) is 5.82 Å². The number of amides is 1. The smallest absolute Gasteiger partial charge is 0.271 e. The van der Waals surface area contributed by atoms with Crippen molar-refractivity contribution < 1.29 is 14.1 Å². The average Bonchev–Trinajstić information content (AvgIpc) is 2.63. The van der Waals surface area contributed by atoms with Crippen LogP contribution in [0.25, 0.3) is 0 Å². The van der Waals surface area contributed by atoms with Crippen molar-refractivity contribution in [1.29, 1.82) is 0 Å². The van der Waals surface area contributed by atoms with E-state index in [2.05, 4.69) is 10.2 Å². The highest BCUT2D eigenvalue weighted by molar-refractivity contribution is 5.92. The number of halogens is 1. The fourth-order valence-corrected chi connectivity index (χ4v) is 3.10. The maximum absolute atomic E-state index is 13.3. The van der Waals surface area contributed by atoms with E-state index in [1.165, 1.54) is 18.2 Å². The molecular formula is C19H21FN4O3. The molecule has 1 N–H and O–H groups in total. The van der Waals surface area contributed by atoms with Crippen LogP contribution in [0.3, 0.4) is 0 Å². The fourth-order valence-electron chi connectivity index (χ4n) is 3.10. The highest BCUT2D eigenvalue weighted by Crippen LogP contribution is 2.17. The maximum atomic E-state index is 13.3. The third-order valence-corrected chi connectivity index (χ3v) is 4.47. The second kappa shape index (κ2) is 8.70. The molecule has 0 atom stereocenters. The SMILES string of the molecule is O=C(CN1CCN(Cc2cccc(F)c2)CC1)Nc1cccc([N+](=O)[O-])c1. The molecule has 27 heavy (non-hydrogen) atoms. The maximum Gasteiger partial charge on any atom is 0.271 e. The number of benzene rings is 2. The summed E-state index contributed by atoms with van der Waals surface area (Å²) in [7, 11) is 0. The molecule has 8 heteroatoms. The lowest BCUT2D eigenvalue weighted by Gasteiger charge is -2.34. The molecule has 1 heterocycles. The molecule has 1 amide bonds. The van der Waals surface area contributed by atoms with Crippen molar-refractivity contribution in [3.63, 3.8) is 0 Å². The number of rotatable bonds is 6. The molecule has 0 radical (unpaired) electrons. The molecule has 0 spiro atoms. The van der Waals surface area contributed by atoms with Crippen LogP contribution in [0.15, 0.2) is 48.5 Å². The zero-order valence-electron chi connectivity index (χ0n) is 14.8. The van der Waals surface area contributed by atoms with Crippen LogP contribution in [0.1, 0.15) is 5.56 Å². The third kappa shape index (κ3) is 5.57. The number of non-ortho nitro benzene ring substituents is 1. The van der Waals surface area contributed by atoms with Crippen LogP contribution in [-0.4, -0.2) is 53.4 Å². The van der Waals surface area contributed by atoms with Gasteiger partial charge in [0.15, 0.2) is 0 Å².